The molecule has 0 aromatic carbocycles. The first kappa shape index (κ1) is 11.6. The van der Waals surface area contributed by atoms with Gasteiger partial charge < -0.3 is 0 Å². The smallest absolute Gasteiger partial charge is 0.147 e. The first-order valence-electron chi connectivity index (χ1n) is 5.18. The molecule has 0 aliphatic rings. The molecule has 0 saturated heterocycles. The normalized spacial score (nSPS) is 11.0. The summed E-state index contributed by atoms with van der Waals surface area (Å²) in [6.07, 6.45) is 2.89. The number of aryl methyl sites for hydroxylation is 3. The molecule has 0 radical (unpaired) electrons. The maximum atomic E-state index is 4.42. The van der Waals surface area contributed by atoms with Gasteiger partial charge in [0, 0.05) is 26.2 Å². The van der Waals surface area contributed by atoms with Crippen LogP contribution >= 0.6 is 22.6 Å². The fraction of sp³-hybridized carbons (Fsp3) is 0.500. The molecular weight excluding hydrogens is 317 g/mol. The molecule has 0 N–H and O–H groups in total. The monoisotopic (exact) mass is 331 g/mol. The van der Waals surface area contributed by atoms with Crippen LogP contribution in [0.25, 0.3) is 0 Å². The van der Waals surface area contributed by atoms with Gasteiger partial charge in [0.25, 0.3) is 0 Å². The predicted molar refractivity (Wildman–Crippen MR) is 69.2 cm³/mol. The quantitative estimate of drug-likeness (QED) is 0.802. The fourth-order valence-corrected chi connectivity index (χ4v) is 2.22. The summed E-state index contributed by atoms with van der Waals surface area (Å²) in [6.45, 7) is 5.02. The summed E-state index contributed by atoms with van der Waals surface area (Å²) in [5.41, 5.74) is 3.31. The average Bonchev–Trinajstić information content (AvgIpc) is 2.72. The molecule has 0 aliphatic carbocycles. The first-order valence-corrected chi connectivity index (χ1v) is 6.26. The van der Waals surface area contributed by atoms with Crippen molar-refractivity contribution in [3.63, 3.8) is 0 Å². The van der Waals surface area contributed by atoms with Crippen LogP contribution in [-0.4, -0.2) is 24.8 Å². The van der Waals surface area contributed by atoms with Crippen LogP contribution in [0.1, 0.15) is 23.9 Å². The Morgan fingerprint density at radius 3 is 2.56 bits per heavy atom. The SMILES string of the molecule is CCn1cc(Cc2nn(C)nc2I)c(C)n1. The molecule has 2 rings (SSSR count). The van der Waals surface area contributed by atoms with Crippen molar-refractivity contribution in [2.24, 2.45) is 7.05 Å². The molecule has 0 fully saturated rings. The van der Waals surface area contributed by atoms with Gasteiger partial charge in [-0.25, -0.2) is 0 Å². The number of hydrogen-bond acceptors (Lipinski definition) is 3. The minimum absolute atomic E-state index is 0.804. The molecule has 0 spiro atoms. The maximum Gasteiger partial charge on any atom is 0.147 e. The van der Waals surface area contributed by atoms with Crippen LogP contribution in [0.15, 0.2) is 6.20 Å². The van der Waals surface area contributed by atoms with Crippen molar-refractivity contribution in [2.75, 3.05) is 0 Å². The Morgan fingerprint density at radius 2 is 2.06 bits per heavy atom. The van der Waals surface area contributed by atoms with Crippen LogP contribution < -0.4 is 0 Å². The minimum Gasteiger partial charge on any atom is -0.272 e. The lowest BCUT2D eigenvalue weighted by molar-refractivity contribution is 0.644. The number of hydrogen-bond donors (Lipinski definition) is 0. The number of nitrogens with zero attached hydrogens (tertiary/aromatic N) is 5. The molecule has 6 heteroatoms. The summed E-state index contributed by atoms with van der Waals surface area (Å²) in [4.78, 5) is 1.61. The molecule has 0 saturated carbocycles. The third-order valence-corrected chi connectivity index (χ3v) is 3.30. The second kappa shape index (κ2) is 4.52. The van der Waals surface area contributed by atoms with Crippen molar-refractivity contribution in [1.82, 2.24) is 24.8 Å². The zero-order chi connectivity index (χ0) is 11.7. The van der Waals surface area contributed by atoms with Gasteiger partial charge >= 0.3 is 0 Å². The number of halogens is 1. The summed E-state index contributed by atoms with van der Waals surface area (Å²) in [7, 11) is 1.84. The van der Waals surface area contributed by atoms with Gasteiger partial charge in [0.2, 0.25) is 0 Å². The second-order valence-electron chi connectivity index (χ2n) is 3.70. The summed E-state index contributed by atoms with van der Waals surface area (Å²) in [5.74, 6) is 0. The van der Waals surface area contributed by atoms with Gasteiger partial charge in [0.1, 0.15) is 9.39 Å². The first-order chi connectivity index (χ1) is 7.60. The molecule has 0 atom stereocenters. The molecule has 16 heavy (non-hydrogen) atoms. The van der Waals surface area contributed by atoms with Crippen molar-refractivity contribution < 1.29 is 0 Å². The molecule has 0 bridgehead atoms. The lowest BCUT2D eigenvalue weighted by atomic mass is 10.1. The third-order valence-electron chi connectivity index (χ3n) is 2.47. The molecule has 2 heterocycles. The van der Waals surface area contributed by atoms with Gasteiger partial charge in [-0.3, -0.25) is 4.68 Å². The van der Waals surface area contributed by atoms with E-state index < -0.39 is 0 Å². The molecule has 5 nitrogen and oxygen atoms in total. The highest BCUT2D eigenvalue weighted by atomic mass is 127. The van der Waals surface area contributed by atoms with E-state index in [1.807, 2.05) is 18.7 Å². The summed E-state index contributed by atoms with van der Waals surface area (Å²) in [6, 6.07) is 0. The zero-order valence-corrected chi connectivity index (χ0v) is 11.8. The maximum absolute atomic E-state index is 4.42. The number of aromatic nitrogens is 5. The standard InChI is InChI=1S/C10H14IN5/c1-4-16-6-8(7(2)12-16)5-9-10(11)14-15(3)13-9/h6H,4-5H2,1-3H3. The molecule has 2 aromatic rings. The Kier molecular flexibility index (Phi) is 3.27. The molecule has 0 amide bonds. The van der Waals surface area contributed by atoms with Gasteiger partial charge in [-0.15, -0.1) is 5.10 Å². The predicted octanol–water partition coefficient (Wildman–Crippen LogP) is 1.54. The molecule has 0 aliphatic heterocycles. The Morgan fingerprint density at radius 1 is 1.31 bits per heavy atom. The minimum atomic E-state index is 0.804. The molecule has 0 unspecified atom stereocenters. The lowest BCUT2D eigenvalue weighted by Gasteiger charge is -1.94. The van der Waals surface area contributed by atoms with Crippen LogP contribution in [0, 0.1) is 10.6 Å². The molecular formula is C10H14IN5. The summed E-state index contributed by atoms with van der Waals surface area (Å²) < 4.78 is 2.91. The van der Waals surface area contributed by atoms with E-state index in [1.54, 1.807) is 4.80 Å². The summed E-state index contributed by atoms with van der Waals surface area (Å²) >= 11 is 2.21. The Balaban J connectivity index is 2.26. The Labute approximate surface area is 108 Å². The second-order valence-corrected chi connectivity index (χ2v) is 4.72. The van der Waals surface area contributed by atoms with Gasteiger partial charge in [-0.05, 0) is 42.0 Å². The number of rotatable bonds is 3. The van der Waals surface area contributed by atoms with E-state index >= 15 is 0 Å². The average molecular weight is 331 g/mol. The topological polar surface area (TPSA) is 48.5 Å². The van der Waals surface area contributed by atoms with Crippen molar-refractivity contribution in [1.29, 1.82) is 0 Å². The van der Waals surface area contributed by atoms with Gasteiger partial charge in [0.05, 0.1) is 5.69 Å². The van der Waals surface area contributed by atoms with Crippen molar-refractivity contribution in [2.45, 2.75) is 26.8 Å². The Bertz CT molecular complexity index is 499. The van der Waals surface area contributed by atoms with Gasteiger partial charge in [-0.2, -0.15) is 15.0 Å². The largest absolute Gasteiger partial charge is 0.272 e. The highest BCUT2D eigenvalue weighted by Crippen LogP contribution is 2.14. The van der Waals surface area contributed by atoms with E-state index in [9.17, 15) is 0 Å². The van der Waals surface area contributed by atoms with E-state index in [0.29, 0.717) is 0 Å². The van der Waals surface area contributed by atoms with E-state index in [2.05, 4.69) is 51.0 Å². The summed E-state index contributed by atoms with van der Waals surface area (Å²) in [5, 5.41) is 13.0. The molecule has 2 aromatic heterocycles. The van der Waals surface area contributed by atoms with Crippen LogP contribution in [-0.2, 0) is 20.0 Å². The van der Waals surface area contributed by atoms with Crippen LogP contribution in [0.5, 0.6) is 0 Å². The fourth-order valence-electron chi connectivity index (χ4n) is 1.61. The van der Waals surface area contributed by atoms with Gasteiger partial charge in [0.15, 0.2) is 0 Å². The third kappa shape index (κ3) is 2.26. The highest BCUT2D eigenvalue weighted by Gasteiger charge is 2.11. The highest BCUT2D eigenvalue weighted by molar-refractivity contribution is 14.1. The van der Waals surface area contributed by atoms with Crippen molar-refractivity contribution in [3.8, 4) is 0 Å². The Hall–Kier alpha value is -0.920. The van der Waals surface area contributed by atoms with E-state index in [0.717, 1.165) is 28.1 Å². The van der Waals surface area contributed by atoms with E-state index in [4.69, 9.17) is 0 Å². The van der Waals surface area contributed by atoms with Crippen LogP contribution in [0.4, 0.5) is 0 Å². The van der Waals surface area contributed by atoms with Crippen LogP contribution in [0.2, 0.25) is 0 Å². The van der Waals surface area contributed by atoms with E-state index in [1.165, 1.54) is 5.56 Å². The van der Waals surface area contributed by atoms with Gasteiger partial charge in [-0.1, -0.05) is 0 Å². The van der Waals surface area contributed by atoms with Crippen LogP contribution in [0.3, 0.4) is 0 Å². The van der Waals surface area contributed by atoms with Crippen molar-refractivity contribution >= 4 is 22.6 Å². The van der Waals surface area contributed by atoms with Crippen molar-refractivity contribution in [3.05, 3.63) is 26.8 Å². The lowest BCUT2D eigenvalue weighted by Crippen LogP contribution is -1.95. The zero-order valence-electron chi connectivity index (χ0n) is 9.61. The van der Waals surface area contributed by atoms with E-state index in [-0.39, 0.29) is 0 Å². The molecule has 86 valence electrons.